The Bertz CT molecular complexity index is 1060. The van der Waals surface area contributed by atoms with E-state index in [1.165, 1.54) is 11.6 Å². The normalized spacial score (nSPS) is 12.8. The number of aliphatic hydroxyl groups is 2. The van der Waals surface area contributed by atoms with Gasteiger partial charge in [0.25, 0.3) is 0 Å². The topological polar surface area (TPSA) is 102 Å². The maximum Gasteiger partial charge on any atom is 0.224 e. The van der Waals surface area contributed by atoms with E-state index in [2.05, 4.69) is 28.8 Å². The van der Waals surface area contributed by atoms with Crippen molar-refractivity contribution >= 4 is 5.91 Å². The Morgan fingerprint density at radius 1 is 0.941 bits per heavy atom. The number of aromatic hydroxyl groups is 1. The predicted molar refractivity (Wildman–Crippen MR) is 133 cm³/mol. The quantitative estimate of drug-likeness (QED) is 0.285. The molecule has 6 heteroatoms. The minimum absolute atomic E-state index is 0.0125. The highest BCUT2D eigenvalue weighted by molar-refractivity contribution is 5.78. The first-order valence-corrected chi connectivity index (χ1v) is 11.7. The highest BCUT2D eigenvalue weighted by atomic mass is 16.3. The molecule has 2 atom stereocenters. The summed E-state index contributed by atoms with van der Waals surface area (Å²) in [5.41, 5.74) is 4.34. The molecular formula is C28H34N2O4. The summed E-state index contributed by atoms with van der Waals surface area (Å²) in [7, 11) is 0. The van der Waals surface area contributed by atoms with Crippen molar-refractivity contribution in [3.05, 3.63) is 101 Å². The van der Waals surface area contributed by atoms with Crippen LogP contribution in [-0.4, -0.2) is 40.4 Å². The highest BCUT2D eigenvalue weighted by Gasteiger charge is 2.13. The van der Waals surface area contributed by atoms with E-state index in [1.807, 2.05) is 43.3 Å². The van der Waals surface area contributed by atoms with Crippen molar-refractivity contribution in [1.82, 2.24) is 10.6 Å². The molecule has 0 spiro atoms. The molecule has 34 heavy (non-hydrogen) atoms. The van der Waals surface area contributed by atoms with Gasteiger partial charge in [0.15, 0.2) is 0 Å². The van der Waals surface area contributed by atoms with E-state index in [1.54, 1.807) is 12.1 Å². The Morgan fingerprint density at radius 3 is 2.44 bits per heavy atom. The molecule has 6 nitrogen and oxygen atoms in total. The van der Waals surface area contributed by atoms with Crippen LogP contribution in [0.25, 0.3) is 0 Å². The van der Waals surface area contributed by atoms with Gasteiger partial charge in [0.1, 0.15) is 5.75 Å². The SMILES string of the molecule is C[C@H](Cc1cccc(CC(=O)NCCc2ccccc2)c1)NC[C@H](O)c1ccc(O)c(CO)c1. The zero-order valence-electron chi connectivity index (χ0n) is 19.6. The molecule has 3 aromatic rings. The second-order valence-corrected chi connectivity index (χ2v) is 8.66. The number of aliphatic hydroxyl groups excluding tert-OH is 2. The highest BCUT2D eigenvalue weighted by Crippen LogP contribution is 2.22. The van der Waals surface area contributed by atoms with Gasteiger partial charge in [0, 0.05) is 24.7 Å². The van der Waals surface area contributed by atoms with Gasteiger partial charge in [-0.2, -0.15) is 0 Å². The van der Waals surface area contributed by atoms with Gasteiger partial charge in [0.05, 0.1) is 19.1 Å². The maximum atomic E-state index is 12.3. The Morgan fingerprint density at radius 2 is 1.68 bits per heavy atom. The van der Waals surface area contributed by atoms with Crippen molar-refractivity contribution in [2.75, 3.05) is 13.1 Å². The molecule has 5 N–H and O–H groups in total. The van der Waals surface area contributed by atoms with Crippen molar-refractivity contribution in [1.29, 1.82) is 0 Å². The van der Waals surface area contributed by atoms with Crippen LogP contribution in [0.2, 0.25) is 0 Å². The number of rotatable bonds is 12. The Labute approximate surface area is 201 Å². The summed E-state index contributed by atoms with van der Waals surface area (Å²) in [5, 5.41) is 35.8. The fourth-order valence-corrected chi connectivity index (χ4v) is 3.90. The third-order valence-electron chi connectivity index (χ3n) is 5.79. The smallest absolute Gasteiger partial charge is 0.224 e. The van der Waals surface area contributed by atoms with Crippen LogP contribution in [-0.2, 0) is 30.7 Å². The van der Waals surface area contributed by atoms with E-state index in [9.17, 15) is 20.1 Å². The zero-order valence-corrected chi connectivity index (χ0v) is 19.6. The molecule has 0 saturated heterocycles. The lowest BCUT2D eigenvalue weighted by molar-refractivity contribution is -0.120. The van der Waals surface area contributed by atoms with E-state index in [4.69, 9.17) is 0 Å². The molecule has 0 heterocycles. The summed E-state index contributed by atoms with van der Waals surface area (Å²) in [4.78, 5) is 12.3. The third-order valence-corrected chi connectivity index (χ3v) is 5.79. The Kier molecular flexibility index (Phi) is 9.64. The van der Waals surface area contributed by atoms with Gasteiger partial charge in [-0.3, -0.25) is 4.79 Å². The second-order valence-electron chi connectivity index (χ2n) is 8.66. The number of hydrogen-bond acceptors (Lipinski definition) is 5. The summed E-state index contributed by atoms with van der Waals surface area (Å²) < 4.78 is 0. The second kappa shape index (κ2) is 12.9. The Balaban J connectivity index is 1.44. The number of carbonyl (C=O) groups excluding carboxylic acids is 1. The molecular weight excluding hydrogens is 428 g/mol. The van der Waals surface area contributed by atoms with Gasteiger partial charge in [-0.05, 0) is 54.2 Å². The first-order chi connectivity index (χ1) is 16.4. The number of amides is 1. The van der Waals surface area contributed by atoms with E-state index < -0.39 is 6.10 Å². The van der Waals surface area contributed by atoms with Crippen LogP contribution in [0.3, 0.4) is 0 Å². The maximum absolute atomic E-state index is 12.3. The van der Waals surface area contributed by atoms with Crippen LogP contribution >= 0.6 is 0 Å². The Hall–Kier alpha value is -3.19. The molecule has 0 aliphatic heterocycles. The number of benzene rings is 3. The number of carbonyl (C=O) groups is 1. The van der Waals surface area contributed by atoms with Gasteiger partial charge >= 0.3 is 0 Å². The molecule has 1 amide bonds. The largest absolute Gasteiger partial charge is 0.508 e. The fourth-order valence-electron chi connectivity index (χ4n) is 3.90. The van der Waals surface area contributed by atoms with Gasteiger partial charge in [-0.15, -0.1) is 0 Å². The molecule has 0 fully saturated rings. The van der Waals surface area contributed by atoms with Gasteiger partial charge < -0.3 is 26.0 Å². The summed E-state index contributed by atoms with van der Waals surface area (Å²) in [6, 6.07) is 23.0. The average molecular weight is 463 g/mol. The van der Waals surface area contributed by atoms with Crippen molar-refractivity contribution in [2.45, 2.75) is 44.9 Å². The lowest BCUT2D eigenvalue weighted by Gasteiger charge is -2.18. The van der Waals surface area contributed by atoms with Crippen LogP contribution in [0.4, 0.5) is 0 Å². The molecule has 0 unspecified atom stereocenters. The van der Waals surface area contributed by atoms with Crippen molar-refractivity contribution < 1.29 is 20.1 Å². The molecule has 0 aromatic heterocycles. The molecule has 0 aliphatic carbocycles. The van der Waals surface area contributed by atoms with E-state index in [0.29, 0.717) is 30.6 Å². The summed E-state index contributed by atoms with van der Waals surface area (Å²) >= 11 is 0. The average Bonchev–Trinajstić information content (AvgIpc) is 2.83. The van der Waals surface area contributed by atoms with Crippen LogP contribution < -0.4 is 10.6 Å². The summed E-state index contributed by atoms with van der Waals surface area (Å²) in [6.45, 7) is 2.73. The van der Waals surface area contributed by atoms with E-state index >= 15 is 0 Å². The predicted octanol–water partition coefficient (Wildman–Crippen LogP) is 3.04. The van der Waals surface area contributed by atoms with Crippen LogP contribution in [0.15, 0.2) is 72.8 Å². The minimum Gasteiger partial charge on any atom is -0.508 e. The van der Waals surface area contributed by atoms with Gasteiger partial charge in [0.2, 0.25) is 5.91 Å². The van der Waals surface area contributed by atoms with E-state index in [-0.39, 0.29) is 24.3 Å². The van der Waals surface area contributed by atoms with Gasteiger partial charge in [-0.25, -0.2) is 0 Å². The molecule has 180 valence electrons. The van der Waals surface area contributed by atoms with Gasteiger partial charge in [-0.1, -0.05) is 60.7 Å². The molecule has 3 rings (SSSR count). The molecule has 3 aromatic carbocycles. The third kappa shape index (κ3) is 7.99. The first-order valence-electron chi connectivity index (χ1n) is 11.7. The zero-order chi connectivity index (χ0) is 24.3. The van der Waals surface area contributed by atoms with Crippen LogP contribution in [0.1, 0.15) is 40.8 Å². The number of hydrogen-bond donors (Lipinski definition) is 5. The summed E-state index contributed by atoms with van der Waals surface area (Å²) in [6.07, 6.45) is 1.16. The monoisotopic (exact) mass is 462 g/mol. The number of phenols is 1. The van der Waals surface area contributed by atoms with Crippen molar-refractivity contribution in [2.24, 2.45) is 0 Å². The molecule has 0 bridgehead atoms. The lowest BCUT2D eigenvalue weighted by atomic mass is 10.0. The van der Waals surface area contributed by atoms with Crippen LogP contribution in [0.5, 0.6) is 5.75 Å². The molecule has 0 saturated carbocycles. The van der Waals surface area contributed by atoms with E-state index in [0.717, 1.165) is 24.0 Å². The van der Waals surface area contributed by atoms with Crippen molar-refractivity contribution in [3.8, 4) is 5.75 Å². The first kappa shape index (κ1) is 25.4. The minimum atomic E-state index is -0.751. The molecule has 0 aliphatic rings. The summed E-state index contributed by atoms with van der Waals surface area (Å²) in [5.74, 6) is 0.0306. The number of nitrogens with one attached hydrogen (secondary N) is 2. The van der Waals surface area contributed by atoms with Crippen molar-refractivity contribution in [3.63, 3.8) is 0 Å². The lowest BCUT2D eigenvalue weighted by Crippen LogP contribution is -2.32. The standard InChI is InChI=1S/C28H34N2O4/c1-20(30-18-27(33)24-10-11-26(32)25(17-24)19-31)14-22-8-5-9-23(15-22)16-28(34)29-13-12-21-6-3-2-4-7-21/h2-11,15,17,20,27,30-33H,12-14,16,18-19H2,1H3,(H,29,34)/t20-,27+/m1/s1. The molecule has 0 radical (unpaired) electrons. The van der Waals surface area contributed by atoms with Crippen LogP contribution in [0, 0.1) is 0 Å². The fraction of sp³-hybridized carbons (Fsp3) is 0.321.